The first-order valence-corrected chi connectivity index (χ1v) is 9.12. The maximum atomic E-state index is 12.2. The highest BCUT2D eigenvalue weighted by atomic mass is 16.2. The van der Waals surface area contributed by atoms with Gasteiger partial charge in [0.1, 0.15) is 0 Å². The number of terminal acetylenes is 1. The summed E-state index contributed by atoms with van der Waals surface area (Å²) in [7, 11) is 0. The van der Waals surface area contributed by atoms with E-state index in [-0.39, 0.29) is 5.91 Å². The number of nitrogens with one attached hydrogen (secondary N) is 1. The highest BCUT2D eigenvalue weighted by molar-refractivity contribution is 5.94. The average Bonchev–Trinajstić information content (AvgIpc) is 3.33. The molecule has 8 nitrogen and oxygen atoms in total. The number of nitrogens with two attached hydrogens (primary N) is 1. The predicted molar refractivity (Wildman–Crippen MR) is 105 cm³/mol. The zero-order chi connectivity index (χ0) is 20.1. The van der Waals surface area contributed by atoms with Gasteiger partial charge in [0.05, 0.1) is 23.1 Å². The number of rotatable bonds is 9. The topological polar surface area (TPSA) is 115 Å². The molecule has 0 atom stereocenters. The molecule has 2 heterocycles. The second-order valence-electron chi connectivity index (χ2n) is 6.62. The van der Waals surface area contributed by atoms with Gasteiger partial charge in [0.2, 0.25) is 5.91 Å². The molecule has 0 saturated heterocycles. The molecule has 1 aromatic heterocycles. The van der Waals surface area contributed by atoms with E-state index in [2.05, 4.69) is 26.6 Å². The summed E-state index contributed by atoms with van der Waals surface area (Å²) in [6.45, 7) is 1.93. The Labute approximate surface area is 163 Å². The number of hydrogen-bond acceptors (Lipinski definition) is 5. The summed E-state index contributed by atoms with van der Waals surface area (Å²) in [5, 5.41) is 15.2. The third kappa shape index (κ3) is 4.26. The third-order valence-electron chi connectivity index (χ3n) is 4.67. The molecule has 0 saturated carbocycles. The summed E-state index contributed by atoms with van der Waals surface area (Å²) >= 11 is 0. The Balaban J connectivity index is 1.60. The van der Waals surface area contributed by atoms with Gasteiger partial charge in [-0.2, -0.15) is 15.3 Å². The summed E-state index contributed by atoms with van der Waals surface area (Å²) in [4.78, 5) is 23.7. The Morgan fingerprint density at radius 2 is 1.96 bits per heavy atom. The number of benzene rings is 1. The molecule has 1 aromatic carbocycles. The molecule has 0 spiro atoms. The molecule has 1 aliphatic heterocycles. The quantitative estimate of drug-likeness (QED) is 0.654. The molecule has 8 heteroatoms. The van der Waals surface area contributed by atoms with Crippen molar-refractivity contribution in [1.29, 1.82) is 0 Å². The first-order valence-electron chi connectivity index (χ1n) is 9.12. The van der Waals surface area contributed by atoms with Crippen LogP contribution in [0.4, 0.5) is 5.69 Å². The van der Waals surface area contributed by atoms with Crippen LogP contribution in [0.3, 0.4) is 0 Å². The van der Waals surface area contributed by atoms with E-state index in [9.17, 15) is 9.59 Å². The van der Waals surface area contributed by atoms with Crippen LogP contribution in [-0.4, -0.2) is 27.3 Å². The number of primary amides is 1. The molecule has 0 bridgehead atoms. The fourth-order valence-corrected chi connectivity index (χ4v) is 3.03. The minimum Gasteiger partial charge on any atom is -0.365 e. The van der Waals surface area contributed by atoms with Crippen molar-refractivity contribution in [2.75, 3.05) is 5.32 Å². The van der Waals surface area contributed by atoms with Crippen LogP contribution in [0.2, 0.25) is 0 Å². The number of hydrogen-bond donors (Lipinski definition) is 2. The van der Waals surface area contributed by atoms with Crippen molar-refractivity contribution < 1.29 is 9.59 Å². The largest absolute Gasteiger partial charge is 0.365 e. The van der Waals surface area contributed by atoms with Crippen molar-refractivity contribution in [1.82, 2.24) is 9.78 Å². The van der Waals surface area contributed by atoms with Gasteiger partial charge in [-0.25, -0.2) is 4.68 Å². The standard InChI is InChI=1S/C20H22N6O2/c1-3-5-11-20(24-25-20)12-10-18(27)23-14-6-8-15(9-7-14)26-17(4-2)16(13-22-26)19(21)28/h1,6-9,13H,4-5,10-12H2,2H3,(H2,21,28)(H,23,27). The molecule has 28 heavy (non-hydrogen) atoms. The van der Waals surface area contributed by atoms with Crippen LogP contribution < -0.4 is 11.1 Å². The van der Waals surface area contributed by atoms with Gasteiger partial charge in [0, 0.05) is 31.4 Å². The van der Waals surface area contributed by atoms with E-state index < -0.39 is 11.6 Å². The van der Waals surface area contributed by atoms with Gasteiger partial charge in [-0.1, -0.05) is 6.92 Å². The number of aromatic nitrogens is 2. The molecule has 144 valence electrons. The van der Waals surface area contributed by atoms with Crippen LogP contribution in [0, 0.1) is 12.3 Å². The van der Waals surface area contributed by atoms with Gasteiger partial charge in [0.25, 0.3) is 5.91 Å². The normalized spacial score (nSPS) is 13.7. The Morgan fingerprint density at radius 3 is 2.54 bits per heavy atom. The van der Waals surface area contributed by atoms with Crippen molar-refractivity contribution in [3.05, 3.63) is 41.7 Å². The molecule has 0 aliphatic carbocycles. The van der Waals surface area contributed by atoms with Crippen molar-refractivity contribution in [3.63, 3.8) is 0 Å². The summed E-state index contributed by atoms with van der Waals surface area (Å²) in [5.74, 6) is 1.97. The first-order chi connectivity index (χ1) is 13.5. The fraction of sp³-hybridized carbons (Fsp3) is 0.350. The van der Waals surface area contributed by atoms with Gasteiger partial charge in [-0.05, 0) is 30.7 Å². The number of nitrogens with zero attached hydrogens (tertiary/aromatic N) is 4. The van der Waals surface area contributed by atoms with Gasteiger partial charge in [-0.3, -0.25) is 9.59 Å². The van der Waals surface area contributed by atoms with E-state index in [0.717, 1.165) is 11.4 Å². The number of carbonyl (C=O) groups is 2. The fourth-order valence-electron chi connectivity index (χ4n) is 3.03. The predicted octanol–water partition coefficient (Wildman–Crippen LogP) is 2.83. The van der Waals surface area contributed by atoms with Gasteiger partial charge in [-0.15, -0.1) is 12.3 Å². The van der Waals surface area contributed by atoms with Crippen LogP contribution in [0.25, 0.3) is 5.69 Å². The molecule has 2 amide bonds. The molecule has 1 aliphatic rings. The minimum atomic E-state index is -0.499. The SMILES string of the molecule is C#CCCC1(CCC(=O)Nc2ccc(-n3ncc(C(N)=O)c3CC)cc2)N=N1. The lowest BCUT2D eigenvalue weighted by atomic mass is 10.0. The van der Waals surface area contributed by atoms with E-state index in [1.165, 1.54) is 6.20 Å². The number of carbonyl (C=O) groups excluding carboxylic acids is 2. The monoisotopic (exact) mass is 378 g/mol. The Bertz CT molecular complexity index is 946. The van der Waals surface area contributed by atoms with E-state index in [1.807, 2.05) is 19.1 Å². The van der Waals surface area contributed by atoms with E-state index in [0.29, 0.717) is 43.4 Å². The summed E-state index contributed by atoms with van der Waals surface area (Å²) in [5.41, 5.74) is 7.55. The summed E-state index contributed by atoms with van der Waals surface area (Å²) in [6.07, 6.45) is 9.52. The number of anilines is 1. The minimum absolute atomic E-state index is 0.102. The van der Waals surface area contributed by atoms with Crippen LogP contribution >= 0.6 is 0 Å². The number of amides is 2. The third-order valence-corrected chi connectivity index (χ3v) is 4.67. The maximum absolute atomic E-state index is 12.2. The summed E-state index contributed by atoms with van der Waals surface area (Å²) < 4.78 is 1.68. The molecule has 0 unspecified atom stereocenters. The van der Waals surface area contributed by atoms with Crippen LogP contribution in [-0.2, 0) is 11.2 Å². The zero-order valence-electron chi connectivity index (χ0n) is 15.7. The van der Waals surface area contributed by atoms with E-state index in [1.54, 1.807) is 16.8 Å². The molecule has 2 aromatic rings. The molecule has 0 radical (unpaired) electrons. The van der Waals surface area contributed by atoms with Gasteiger partial charge >= 0.3 is 0 Å². The molecular weight excluding hydrogens is 356 g/mol. The van der Waals surface area contributed by atoms with Gasteiger partial charge < -0.3 is 11.1 Å². The Morgan fingerprint density at radius 1 is 1.25 bits per heavy atom. The van der Waals surface area contributed by atoms with Gasteiger partial charge in [0.15, 0.2) is 5.66 Å². The smallest absolute Gasteiger partial charge is 0.252 e. The van der Waals surface area contributed by atoms with Crippen LogP contribution in [0.15, 0.2) is 40.7 Å². The molecule has 3 rings (SSSR count). The lowest BCUT2D eigenvalue weighted by molar-refractivity contribution is -0.116. The highest BCUT2D eigenvalue weighted by Gasteiger charge is 2.39. The zero-order valence-corrected chi connectivity index (χ0v) is 15.7. The van der Waals surface area contributed by atoms with E-state index in [4.69, 9.17) is 12.2 Å². The molecular formula is C20H22N6O2. The second kappa shape index (κ2) is 8.05. The van der Waals surface area contributed by atoms with E-state index >= 15 is 0 Å². The van der Waals surface area contributed by atoms with Crippen molar-refractivity contribution >= 4 is 17.5 Å². The lowest BCUT2D eigenvalue weighted by Crippen LogP contribution is -2.17. The molecule has 3 N–H and O–H groups in total. The lowest BCUT2D eigenvalue weighted by Gasteiger charge is -2.11. The van der Waals surface area contributed by atoms with Crippen molar-refractivity contribution in [3.8, 4) is 18.0 Å². The van der Waals surface area contributed by atoms with Crippen molar-refractivity contribution in [2.45, 2.75) is 44.7 Å². The summed E-state index contributed by atoms with van der Waals surface area (Å²) in [6, 6.07) is 7.23. The Hall–Kier alpha value is -3.47. The van der Waals surface area contributed by atoms with Crippen LogP contribution in [0.5, 0.6) is 0 Å². The average molecular weight is 378 g/mol. The second-order valence-corrected chi connectivity index (χ2v) is 6.62. The molecule has 0 fully saturated rings. The van der Waals surface area contributed by atoms with Crippen LogP contribution in [0.1, 0.15) is 48.7 Å². The maximum Gasteiger partial charge on any atom is 0.252 e. The van der Waals surface area contributed by atoms with Crippen molar-refractivity contribution in [2.24, 2.45) is 16.0 Å². The first kappa shape index (κ1) is 19.3. The Kier molecular flexibility index (Phi) is 5.54. The highest BCUT2D eigenvalue weighted by Crippen LogP contribution is 2.37.